The number of nitrogens with one attached hydrogen (secondary N) is 1. The molecule has 1 atom stereocenters. The molecule has 0 aliphatic heterocycles. The number of aromatic nitrogens is 2. The van der Waals surface area contributed by atoms with E-state index in [4.69, 9.17) is 9.47 Å². The van der Waals surface area contributed by atoms with Gasteiger partial charge in [-0.05, 0) is 58.0 Å². The number of nitriles is 2. The predicted octanol–water partition coefficient (Wildman–Crippen LogP) is 4.13. The van der Waals surface area contributed by atoms with Crippen molar-refractivity contribution in [3.63, 3.8) is 0 Å². The first-order valence-electron chi connectivity index (χ1n) is 10.7. The third kappa shape index (κ3) is 5.94. The minimum atomic E-state index is -1.53. The van der Waals surface area contributed by atoms with Crippen molar-refractivity contribution in [3.05, 3.63) is 90.6 Å². The second-order valence-corrected chi connectivity index (χ2v) is 8.92. The van der Waals surface area contributed by atoms with Crippen molar-refractivity contribution in [2.45, 2.75) is 39.2 Å². The maximum Gasteiger partial charge on any atom is 0.320 e. The molecule has 12 heteroatoms. The molecular formula is C25H20FN5O6. The Hall–Kier alpha value is -5.10. The van der Waals surface area contributed by atoms with Gasteiger partial charge in [0.05, 0.1) is 33.9 Å². The van der Waals surface area contributed by atoms with Crippen LogP contribution in [0.5, 0.6) is 11.5 Å². The number of benzene rings is 2. The zero-order valence-corrected chi connectivity index (χ0v) is 20.2. The molecule has 37 heavy (non-hydrogen) atoms. The third-order valence-electron chi connectivity index (χ3n) is 4.95. The summed E-state index contributed by atoms with van der Waals surface area (Å²) < 4.78 is 26.9. The van der Waals surface area contributed by atoms with E-state index in [9.17, 15) is 30.2 Å². The van der Waals surface area contributed by atoms with Crippen LogP contribution in [0.3, 0.4) is 0 Å². The summed E-state index contributed by atoms with van der Waals surface area (Å²) in [6, 6.07) is 10.5. The molecule has 3 rings (SSSR count). The molecule has 1 heterocycles. The fourth-order valence-electron chi connectivity index (χ4n) is 3.37. The van der Waals surface area contributed by atoms with Crippen LogP contribution < -0.4 is 10.3 Å². The molecule has 11 nitrogen and oxygen atoms in total. The summed E-state index contributed by atoms with van der Waals surface area (Å²) in [7, 11) is 0. The number of carbonyl (C=O) groups is 1. The van der Waals surface area contributed by atoms with Gasteiger partial charge in [0.2, 0.25) is 5.75 Å². The number of hydrogen-bond donors (Lipinski definition) is 1. The number of ether oxygens (including phenoxy) is 2. The lowest BCUT2D eigenvalue weighted by molar-refractivity contribution is -0.385. The Labute approximate surface area is 209 Å². The predicted molar refractivity (Wildman–Crippen MR) is 126 cm³/mol. The second kappa shape index (κ2) is 10.3. The van der Waals surface area contributed by atoms with Crippen LogP contribution in [0.1, 0.15) is 54.6 Å². The fourth-order valence-corrected chi connectivity index (χ4v) is 3.37. The SMILES string of the molecule is Cc1cc(C(C(=O)OC(C)(C)C)c2ccc([N+](=O)[O-])c(Oc3cc(C#N)cc(C#N)c3)c2F)n[nH]c1=O. The van der Waals surface area contributed by atoms with E-state index in [2.05, 4.69) is 10.2 Å². The summed E-state index contributed by atoms with van der Waals surface area (Å²) >= 11 is 0. The van der Waals surface area contributed by atoms with Crippen LogP contribution in [0.2, 0.25) is 0 Å². The summed E-state index contributed by atoms with van der Waals surface area (Å²) in [4.78, 5) is 35.8. The van der Waals surface area contributed by atoms with Crippen molar-refractivity contribution < 1.29 is 23.6 Å². The first kappa shape index (κ1) is 26.5. The van der Waals surface area contributed by atoms with Gasteiger partial charge in [0.25, 0.3) is 5.56 Å². The highest BCUT2D eigenvalue weighted by Crippen LogP contribution is 2.40. The van der Waals surface area contributed by atoms with Gasteiger partial charge in [-0.3, -0.25) is 19.7 Å². The number of carbonyl (C=O) groups excluding carboxylic acids is 1. The van der Waals surface area contributed by atoms with Gasteiger partial charge in [0, 0.05) is 17.2 Å². The highest BCUT2D eigenvalue weighted by Gasteiger charge is 2.35. The number of nitro groups is 1. The average molecular weight is 505 g/mol. The van der Waals surface area contributed by atoms with Crippen LogP contribution in [-0.2, 0) is 9.53 Å². The molecule has 0 aliphatic rings. The van der Waals surface area contributed by atoms with E-state index in [1.807, 2.05) is 12.1 Å². The molecule has 2 aromatic carbocycles. The number of rotatable bonds is 6. The molecule has 0 amide bonds. The van der Waals surface area contributed by atoms with E-state index in [1.165, 1.54) is 31.2 Å². The number of aryl methyl sites for hydroxylation is 1. The van der Waals surface area contributed by atoms with Gasteiger partial charge in [-0.2, -0.15) is 15.6 Å². The van der Waals surface area contributed by atoms with Crippen LogP contribution in [-0.4, -0.2) is 26.7 Å². The topological polar surface area (TPSA) is 172 Å². The van der Waals surface area contributed by atoms with Gasteiger partial charge < -0.3 is 9.47 Å². The molecule has 0 radical (unpaired) electrons. The van der Waals surface area contributed by atoms with Crippen molar-refractivity contribution in [2.24, 2.45) is 0 Å². The summed E-state index contributed by atoms with van der Waals surface area (Å²) in [5.74, 6) is -4.78. The van der Waals surface area contributed by atoms with Crippen molar-refractivity contribution in [1.29, 1.82) is 10.5 Å². The Morgan fingerprint density at radius 3 is 2.30 bits per heavy atom. The Bertz CT molecular complexity index is 1510. The van der Waals surface area contributed by atoms with E-state index in [-0.39, 0.29) is 33.7 Å². The molecule has 0 saturated heterocycles. The molecule has 1 aromatic heterocycles. The van der Waals surface area contributed by atoms with E-state index in [0.29, 0.717) is 0 Å². The van der Waals surface area contributed by atoms with Gasteiger partial charge in [-0.15, -0.1) is 0 Å². The second-order valence-electron chi connectivity index (χ2n) is 8.92. The molecule has 1 unspecified atom stereocenters. The molecule has 1 N–H and O–H groups in total. The summed E-state index contributed by atoms with van der Waals surface area (Å²) in [6.07, 6.45) is 0. The number of halogens is 1. The van der Waals surface area contributed by atoms with Gasteiger partial charge in [-0.25, -0.2) is 9.49 Å². The monoisotopic (exact) mass is 505 g/mol. The molecule has 188 valence electrons. The number of H-pyrrole nitrogens is 1. The zero-order chi connectivity index (χ0) is 27.5. The average Bonchev–Trinajstić information content (AvgIpc) is 2.82. The highest BCUT2D eigenvalue weighted by atomic mass is 19.1. The fraction of sp³-hybridized carbons (Fsp3) is 0.240. The van der Waals surface area contributed by atoms with E-state index >= 15 is 4.39 Å². The standard InChI is InChI=1S/C25H20FN5O6/c1-13-7-18(29-30-23(13)32)20(24(33)37-25(2,3)4)17-5-6-19(31(34)35)22(21(17)26)36-16-9-14(11-27)8-15(10-16)12-28/h5-10,20H,1-4H3,(H,30,32). The number of nitro benzene ring substituents is 1. The molecule has 0 saturated carbocycles. The lowest BCUT2D eigenvalue weighted by Crippen LogP contribution is -2.30. The number of aromatic amines is 1. The first-order valence-corrected chi connectivity index (χ1v) is 10.7. The Balaban J connectivity index is 2.25. The van der Waals surface area contributed by atoms with Crippen molar-refractivity contribution in [2.75, 3.05) is 0 Å². The molecule has 0 fully saturated rings. The smallest absolute Gasteiger partial charge is 0.320 e. The summed E-state index contributed by atoms with van der Waals surface area (Å²) in [5.41, 5.74) is -2.50. The van der Waals surface area contributed by atoms with Gasteiger partial charge >= 0.3 is 11.7 Å². The zero-order valence-electron chi connectivity index (χ0n) is 20.2. The van der Waals surface area contributed by atoms with Crippen molar-refractivity contribution >= 4 is 11.7 Å². The van der Waals surface area contributed by atoms with Crippen LogP contribution in [0.15, 0.2) is 41.2 Å². The first-order chi connectivity index (χ1) is 17.3. The molecule has 0 spiro atoms. The molecule has 0 aliphatic carbocycles. The molecular weight excluding hydrogens is 485 g/mol. The Kier molecular flexibility index (Phi) is 7.35. The maximum absolute atomic E-state index is 16.0. The van der Waals surface area contributed by atoms with E-state index < -0.39 is 45.2 Å². The quantitative estimate of drug-likeness (QED) is 0.293. The van der Waals surface area contributed by atoms with Crippen LogP contribution >= 0.6 is 0 Å². The lowest BCUT2D eigenvalue weighted by Gasteiger charge is -2.24. The Morgan fingerprint density at radius 2 is 1.78 bits per heavy atom. The lowest BCUT2D eigenvalue weighted by atomic mass is 9.93. The number of hydrogen-bond acceptors (Lipinski definition) is 9. The largest absolute Gasteiger partial charge is 0.459 e. The maximum atomic E-state index is 16.0. The Morgan fingerprint density at radius 1 is 1.16 bits per heavy atom. The van der Waals surface area contributed by atoms with Gasteiger partial charge in [-0.1, -0.05) is 0 Å². The molecule has 0 bridgehead atoms. The van der Waals surface area contributed by atoms with Gasteiger partial charge in [0.15, 0.2) is 5.82 Å². The summed E-state index contributed by atoms with van der Waals surface area (Å²) in [5, 5.41) is 36.2. The third-order valence-corrected chi connectivity index (χ3v) is 4.95. The van der Waals surface area contributed by atoms with E-state index in [1.54, 1.807) is 20.8 Å². The van der Waals surface area contributed by atoms with Crippen molar-refractivity contribution in [1.82, 2.24) is 10.2 Å². The minimum absolute atomic E-state index is 0.00723. The highest BCUT2D eigenvalue weighted by molar-refractivity contribution is 5.82. The summed E-state index contributed by atoms with van der Waals surface area (Å²) in [6.45, 7) is 6.27. The minimum Gasteiger partial charge on any atom is -0.459 e. The van der Waals surface area contributed by atoms with Crippen LogP contribution in [0, 0.1) is 45.5 Å². The van der Waals surface area contributed by atoms with Crippen LogP contribution in [0.25, 0.3) is 0 Å². The van der Waals surface area contributed by atoms with Crippen molar-refractivity contribution in [3.8, 4) is 23.6 Å². The van der Waals surface area contributed by atoms with E-state index in [0.717, 1.165) is 12.1 Å². The normalized spacial score (nSPS) is 11.6. The molecule has 3 aromatic rings. The number of nitrogens with zero attached hydrogens (tertiary/aromatic N) is 4. The number of esters is 1. The van der Waals surface area contributed by atoms with Gasteiger partial charge in [0.1, 0.15) is 17.3 Å². The van der Waals surface area contributed by atoms with Crippen LogP contribution in [0.4, 0.5) is 10.1 Å².